The van der Waals surface area contributed by atoms with Crippen molar-refractivity contribution < 1.29 is 27.4 Å². The normalized spacial score (nSPS) is 19.8. The standard InChI is InChI=1S/C24H28F3N5O3/c1-34-10-11-35-15-18-14-32(22(33)21-4-7-29-30-21)16-23(18)5-8-31(9-6-23)19-3-2-17(13-28)20(12-19)24(25,26)27/h2-4,7,12,18H,5-6,8-11,14-16H2,1H3,(H,29,30). The molecule has 4 rings (SSSR count). The lowest BCUT2D eigenvalue weighted by Gasteiger charge is -2.43. The molecular weight excluding hydrogens is 463 g/mol. The molecule has 8 nitrogen and oxygen atoms in total. The van der Waals surface area contributed by atoms with Crippen molar-refractivity contribution in [2.75, 3.05) is 58.0 Å². The van der Waals surface area contributed by atoms with Gasteiger partial charge >= 0.3 is 6.18 Å². The number of anilines is 1. The summed E-state index contributed by atoms with van der Waals surface area (Å²) in [5.41, 5.74) is -0.622. The number of hydrogen-bond acceptors (Lipinski definition) is 6. The van der Waals surface area contributed by atoms with Crippen LogP contribution in [0.3, 0.4) is 0 Å². The van der Waals surface area contributed by atoms with E-state index in [1.54, 1.807) is 25.3 Å². The zero-order valence-electron chi connectivity index (χ0n) is 19.5. The number of methoxy groups -OCH3 is 1. The molecule has 3 heterocycles. The van der Waals surface area contributed by atoms with E-state index in [1.165, 1.54) is 12.3 Å². The molecule has 1 unspecified atom stereocenters. The third-order valence-electron chi connectivity index (χ3n) is 7.14. The van der Waals surface area contributed by atoms with Gasteiger partial charge in [-0.3, -0.25) is 9.89 Å². The summed E-state index contributed by atoms with van der Waals surface area (Å²) in [6.45, 7) is 3.59. The zero-order chi connectivity index (χ0) is 25.1. The number of aromatic nitrogens is 2. The van der Waals surface area contributed by atoms with Crippen molar-refractivity contribution in [2.24, 2.45) is 11.3 Å². The van der Waals surface area contributed by atoms with E-state index >= 15 is 0 Å². The second-order valence-electron chi connectivity index (χ2n) is 9.11. The average Bonchev–Trinajstić information content (AvgIpc) is 3.50. The molecule has 11 heteroatoms. The van der Waals surface area contributed by atoms with E-state index in [1.807, 2.05) is 9.80 Å². The third kappa shape index (κ3) is 5.28. The van der Waals surface area contributed by atoms with E-state index in [-0.39, 0.29) is 22.8 Å². The topological polar surface area (TPSA) is 94.5 Å². The quantitative estimate of drug-likeness (QED) is 0.598. The van der Waals surface area contributed by atoms with E-state index in [2.05, 4.69) is 10.2 Å². The highest BCUT2D eigenvalue weighted by molar-refractivity contribution is 5.92. The van der Waals surface area contributed by atoms with Crippen LogP contribution in [0.2, 0.25) is 0 Å². The van der Waals surface area contributed by atoms with Crippen molar-refractivity contribution in [2.45, 2.75) is 19.0 Å². The number of alkyl halides is 3. The lowest BCUT2D eigenvalue weighted by atomic mass is 9.71. The second-order valence-corrected chi connectivity index (χ2v) is 9.11. The van der Waals surface area contributed by atoms with Crippen LogP contribution in [0.1, 0.15) is 34.5 Å². The SMILES string of the molecule is COCCOCC1CN(C(=O)c2ccn[nH]2)CC12CCN(c1ccc(C#N)c(C(F)(F)F)c1)CC2. The summed E-state index contributed by atoms with van der Waals surface area (Å²) >= 11 is 0. The maximum Gasteiger partial charge on any atom is 0.417 e. The van der Waals surface area contributed by atoms with E-state index in [9.17, 15) is 18.0 Å². The number of hydrogen-bond donors (Lipinski definition) is 1. The Morgan fingerprint density at radius 1 is 1.29 bits per heavy atom. The van der Waals surface area contributed by atoms with E-state index in [0.29, 0.717) is 70.2 Å². The number of likely N-dealkylation sites (tertiary alicyclic amines) is 1. The number of carbonyl (C=O) groups is 1. The minimum absolute atomic E-state index is 0.0973. The molecule has 0 saturated carbocycles. The molecule has 1 spiro atoms. The molecule has 2 saturated heterocycles. The van der Waals surface area contributed by atoms with Gasteiger partial charge in [-0.25, -0.2) is 0 Å². The van der Waals surface area contributed by atoms with Gasteiger partial charge in [0.25, 0.3) is 5.91 Å². The smallest absolute Gasteiger partial charge is 0.382 e. The molecule has 35 heavy (non-hydrogen) atoms. The van der Waals surface area contributed by atoms with Gasteiger partial charge in [0.15, 0.2) is 0 Å². The number of aromatic amines is 1. The Bertz CT molecular complexity index is 1060. The minimum atomic E-state index is -4.60. The van der Waals surface area contributed by atoms with Crippen LogP contribution in [0.4, 0.5) is 18.9 Å². The number of ether oxygens (including phenoxy) is 2. The average molecular weight is 492 g/mol. The first-order chi connectivity index (χ1) is 16.8. The van der Waals surface area contributed by atoms with Gasteiger partial charge in [0.1, 0.15) is 5.69 Å². The molecule has 188 valence electrons. The van der Waals surface area contributed by atoms with Crippen LogP contribution in [0.25, 0.3) is 0 Å². The first-order valence-electron chi connectivity index (χ1n) is 11.5. The molecule has 1 aromatic carbocycles. The van der Waals surface area contributed by atoms with Crippen molar-refractivity contribution in [1.82, 2.24) is 15.1 Å². The van der Waals surface area contributed by atoms with Crippen LogP contribution >= 0.6 is 0 Å². The number of amides is 1. The van der Waals surface area contributed by atoms with Gasteiger partial charge in [-0.2, -0.15) is 23.5 Å². The van der Waals surface area contributed by atoms with Crippen molar-refractivity contribution in [3.8, 4) is 6.07 Å². The van der Waals surface area contributed by atoms with E-state index in [0.717, 1.165) is 6.07 Å². The van der Waals surface area contributed by atoms with Crippen molar-refractivity contribution in [3.63, 3.8) is 0 Å². The van der Waals surface area contributed by atoms with Crippen LogP contribution < -0.4 is 4.90 Å². The lowest BCUT2D eigenvalue weighted by Crippen LogP contribution is -2.45. The molecule has 2 aromatic rings. The Morgan fingerprint density at radius 3 is 2.69 bits per heavy atom. The molecule has 0 bridgehead atoms. The maximum absolute atomic E-state index is 13.4. The minimum Gasteiger partial charge on any atom is -0.382 e. The number of benzene rings is 1. The predicted molar refractivity (Wildman–Crippen MR) is 121 cm³/mol. The highest BCUT2D eigenvalue weighted by atomic mass is 19.4. The molecular formula is C24H28F3N5O3. The number of H-pyrrole nitrogens is 1. The molecule has 1 aromatic heterocycles. The van der Waals surface area contributed by atoms with Gasteiger partial charge in [-0.1, -0.05) is 0 Å². The molecule has 0 radical (unpaired) electrons. The highest BCUT2D eigenvalue weighted by Crippen LogP contribution is 2.46. The Balaban J connectivity index is 1.50. The summed E-state index contributed by atoms with van der Waals surface area (Å²) in [7, 11) is 1.61. The van der Waals surface area contributed by atoms with Gasteiger partial charge in [-0.15, -0.1) is 0 Å². The third-order valence-corrected chi connectivity index (χ3v) is 7.14. The van der Waals surface area contributed by atoms with Gasteiger partial charge in [0.2, 0.25) is 0 Å². The molecule has 1 atom stereocenters. The fraction of sp³-hybridized carbons (Fsp3) is 0.542. The van der Waals surface area contributed by atoms with Crippen LogP contribution in [0.5, 0.6) is 0 Å². The first kappa shape index (κ1) is 25.0. The van der Waals surface area contributed by atoms with E-state index < -0.39 is 11.7 Å². The summed E-state index contributed by atoms with van der Waals surface area (Å²) in [4.78, 5) is 16.7. The van der Waals surface area contributed by atoms with Gasteiger partial charge in [0.05, 0.1) is 37.0 Å². The van der Waals surface area contributed by atoms with Crippen LogP contribution in [-0.2, 0) is 15.7 Å². The molecule has 2 aliphatic heterocycles. The van der Waals surface area contributed by atoms with Gasteiger partial charge in [0, 0.05) is 51.1 Å². The Kier molecular flexibility index (Phi) is 7.33. The number of nitrogens with one attached hydrogen (secondary N) is 1. The van der Waals surface area contributed by atoms with Gasteiger partial charge in [-0.05, 0) is 42.5 Å². The van der Waals surface area contributed by atoms with Crippen molar-refractivity contribution >= 4 is 11.6 Å². The van der Waals surface area contributed by atoms with Crippen LogP contribution in [0, 0.1) is 22.7 Å². The first-order valence-corrected chi connectivity index (χ1v) is 11.5. The lowest BCUT2D eigenvalue weighted by molar-refractivity contribution is -0.137. The molecule has 2 fully saturated rings. The van der Waals surface area contributed by atoms with Crippen molar-refractivity contribution in [1.29, 1.82) is 5.26 Å². The Labute approximate surface area is 201 Å². The highest BCUT2D eigenvalue weighted by Gasteiger charge is 2.49. The number of piperidine rings is 1. The molecule has 1 N–H and O–H groups in total. The Morgan fingerprint density at radius 2 is 2.06 bits per heavy atom. The van der Waals surface area contributed by atoms with Crippen molar-refractivity contribution in [3.05, 3.63) is 47.3 Å². The maximum atomic E-state index is 13.4. The molecule has 0 aliphatic carbocycles. The van der Waals surface area contributed by atoms with E-state index in [4.69, 9.17) is 14.7 Å². The summed E-state index contributed by atoms with van der Waals surface area (Å²) in [6, 6.07) is 7.13. The van der Waals surface area contributed by atoms with Gasteiger partial charge < -0.3 is 19.3 Å². The summed E-state index contributed by atoms with van der Waals surface area (Å²) < 4.78 is 51.2. The second kappa shape index (κ2) is 10.3. The summed E-state index contributed by atoms with van der Waals surface area (Å²) in [5, 5.41) is 15.7. The summed E-state index contributed by atoms with van der Waals surface area (Å²) in [6.07, 6.45) is -1.64. The van der Waals surface area contributed by atoms with Crippen LogP contribution in [0.15, 0.2) is 30.5 Å². The predicted octanol–water partition coefficient (Wildman–Crippen LogP) is 3.32. The largest absolute Gasteiger partial charge is 0.417 e. The number of carbonyl (C=O) groups excluding carboxylic acids is 1. The monoisotopic (exact) mass is 491 g/mol. The fourth-order valence-corrected chi connectivity index (χ4v) is 5.17. The number of nitrogens with zero attached hydrogens (tertiary/aromatic N) is 4. The summed E-state index contributed by atoms with van der Waals surface area (Å²) in [5.74, 6) is -0.0225. The number of rotatable bonds is 7. The fourth-order valence-electron chi connectivity index (χ4n) is 5.17. The zero-order valence-corrected chi connectivity index (χ0v) is 19.5. The Hall–Kier alpha value is -3.10. The molecule has 1 amide bonds. The molecule has 2 aliphatic rings. The number of nitriles is 1. The number of halogens is 3. The van der Waals surface area contributed by atoms with Crippen LogP contribution in [-0.4, -0.2) is 74.1 Å².